The van der Waals surface area contributed by atoms with Crippen LogP contribution in [0.4, 0.5) is 5.69 Å². The van der Waals surface area contributed by atoms with E-state index in [0.29, 0.717) is 6.04 Å². The van der Waals surface area contributed by atoms with E-state index in [2.05, 4.69) is 69.0 Å². The van der Waals surface area contributed by atoms with E-state index < -0.39 is 0 Å². The molecule has 0 aliphatic heterocycles. The zero-order valence-corrected chi connectivity index (χ0v) is 16.2. The molecule has 0 atom stereocenters. The van der Waals surface area contributed by atoms with Crippen molar-refractivity contribution in [3.63, 3.8) is 0 Å². The highest BCUT2D eigenvalue weighted by Crippen LogP contribution is 2.28. The number of aromatic nitrogens is 2. The highest BCUT2D eigenvalue weighted by molar-refractivity contribution is 9.10. The molecular formula is C19H20BrN3S. The van der Waals surface area contributed by atoms with Gasteiger partial charge in [-0.25, -0.2) is 4.99 Å². The summed E-state index contributed by atoms with van der Waals surface area (Å²) < 4.78 is 3.47. The fourth-order valence-corrected chi connectivity index (χ4v) is 4.18. The Morgan fingerprint density at radius 3 is 2.71 bits per heavy atom. The van der Waals surface area contributed by atoms with Crippen LogP contribution in [0.2, 0.25) is 0 Å². The fourth-order valence-electron chi connectivity index (χ4n) is 2.80. The van der Waals surface area contributed by atoms with Crippen molar-refractivity contribution in [3.8, 4) is 11.3 Å². The second kappa shape index (κ2) is 7.90. The van der Waals surface area contributed by atoms with Gasteiger partial charge in [0, 0.05) is 27.7 Å². The van der Waals surface area contributed by atoms with E-state index in [4.69, 9.17) is 4.99 Å². The maximum absolute atomic E-state index is 4.83. The normalized spacial score (nSPS) is 12.1. The molecule has 3 rings (SSSR count). The van der Waals surface area contributed by atoms with Crippen LogP contribution in [0.15, 0.2) is 63.6 Å². The van der Waals surface area contributed by atoms with E-state index in [9.17, 15) is 0 Å². The van der Waals surface area contributed by atoms with Gasteiger partial charge in [-0.05, 0) is 37.1 Å². The van der Waals surface area contributed by atoms with Gasteiger partial charge in [0.1, 0.15) is 0 Å². The number of hydrogen-bond acceptors (Lipinski definition) is 3. The smallest absolute Gasteiger partial charge is 0.190 e. The van der Waals surface area contributed by atoms with Crippen LogP contribution >= 0.6 is 27.3 Å². The molecule has 0 saturated heterocycles. The van der Waals surface area contributed by atoms with Gasteiger partial charge in [0.05, 0.1) is 17.6 Å². The maximum atomic E-state index is 4.83. The molecule has 0 bridgehead atoms. The molecule has 3 nitrogen and oxygen atoms in total. The van der Waals surface area contributed by atoms with Gasteiger partial charge in [-0.2, -0.15) is 0 Å². The molecule has 0 N–H and O–H groups in total. The summed E-state index contributed by atoms with van der Waals surface area (Å²) in [4.78, 5) is 10.0. The molecule has 24 heavy (non-hydrogen) atoms. The third-order valence-electron chi connectivity index (χ3n) is 4.04. The van der Waals surface area contributed by atoms with Gasteiger partial charge < -0.3 is 4.57 Å². The second-order valence-corrected chi connectivity index (χ2v) is 7.33. The van der Waals surface area contributed by atoms with Gasteiger partial charge >= 0.3 is 0 Å². The zero-order valence-electron chi connectivity index (χ0n) is 13.8. The molecule has 0 saturated carbocycles. The van der Waals surface area contributed by atoms with Gasteiger partial charge in [0.25, 0.3) is 0 Å². The van der Waals surface area contributed by atoms with Crippen LogP contribution < -0.4 is 4.80 Å². The SMILES string of the molecule is CCC(CC)n1c(-c2cccc(Br)c2)csc1=Nc1cccnc1. The lowest BCUT2D eigenvalue weighted by atomic mass is 10.1. The summed E-state index contributed by atoms with van der Waals surface area (Å²) in [6.45, 7) is 4.47. The summed E-state index contributed by atoms with van der Waals surface area (Å²) in [5.41, 5.74) is 3.32. The average molecular weight is 402 g/mol. The molecule has 0 spiro atoms. The van der Waals surface area contributed by atoms with Crippen molar-refractivity contribution in [2.24, 2.45) is 4.99 Å². The topological polar surface area (TPSA) is 30.2 Å². The highest BCUT2D eigenvalue weighted by Gasteiger charge is 2.15. The molecule has 0 amide bonds. The van der Waals surface area contributed by atoms with Gasteiger partial charge in [0.2, 0.25) is 0 Å². The van der Waals surface area contributed by atoms with E-state index in [0.717, 1.165) is 27.8 Å². The molecule has 0 aliphatic carbocycles. The lowest BCUT2D eigenvalue weighted by Crippen LogP contribution is -2.21. The number of benzene rings is 1. The molecule has 1 aromatic carbocycles. The molecule has 5 heteroatoms. The van der Waals surface area contributed by atoms with E-state index in [1.165, 1.54) is 11.3 Å². The molecule has 0 unspecified atom stereocenters. The first-order valence-corrected chi connectivity index (χ1v) is 9.81. The Labute approximate surface area is 154 Å². The van der Waals surface area contributed by atoms with Crippen LogP contribution in [0, 0.1) is 0 Å². The van der Waals surface area contributed by atoms with Crippen LogP contribution in [-0.2, 0) is 0 Å². The summed E-state index contributed by atoms with van der Waals surface area (Å²) in [6, 6.07) is 12.8. The third-order valence-corrected chi connectivity index (χ3v) is 5.37. The standard InChI is InChI=1S/C19H20BrN3S/c1-3-17(4-2)23-18(14-7-5-8-15(20)11-14)13-24-19(23)22-16-9-6-10-21-12-16/h5-13,17H,3-4H2,1-2H3. The minimum Gasteiger partial charge on any atom is -0.313 e. The van der Waals surface area contributed by atoms with E-state index in [1.54, 1.807) is 23.7 Å². The molecular weight excluding hydrogens is 382 g/mol. The predicted octanol–water partition coefficient (Wildman–Crippen LogP) is 5.97. The Hall–Kier alpha value is -1.72. The largest absolute Gasteiger partial charge is 0.313 e. The van der Waals surface area contributed by atoms with E-state index in [1.807, 2.05) is 12.1 Å². The molecule has 0 fully saturated rings. The summed E-state index contributed by atoms with van der Waals surface area (Å²) >= 11 is 5.26. The van der Waals surface area contributed by atoms with Crippen molar-refractivity contribution in [3.05, 3.63) is 63.4 Å². The summed E-state index contributed by atoms with van der Waals surface area (Å²) in [6.07, 6.45) is 5.73. The van der Waals surface area contributed by atoms with Crippen molar-refractivity contribution in [2.75, 3.05) is 0 Å². The highest BCUT2D eigenvalue weighted by atomic mass is 79.9. The Morgan fingerprint density at radius 1 is 1.21 bits per heavy atom. The molecule has 2 aromatic heterocycles. The lowest BCUT2D eigenvalue weighted by molar-refractivity contribution is 0.466. The fraction of sp³-hybridized carbons (Fsp3) is 0.263. The van der Waals surface area contributed by atoms with Crippen molar-refractivity contribution < 1.29 is 0 Å². The van der Waals surface area contributed by atoms with Gasteiger partial charge in [-0.3, -0.25) is 4.98 Å². The third kappa shape index (κ3) is 3.68. The monoisotopic (exact) mass is 401 g/mol. The van der Waals surface area contributed by atoms with Gasteiger partial charge in [-0.15, -0.1) is 11.3 Å². The van der Waals surface area contributed by atoms with E-state index >= 15 is 0 Å². The summed E-state index contributed by atoms with van der Waals surface area (Å²) in [7, 11) is 0. The maximum Gasteiger partial charge on any atom is 0.190 e. The van der Waals surface area contributed by atoms with Crippen LogP contribution in [-0.4, -0.2) is 9.55 Å². The number of thiazole rings is 1. The molecule has 2 heterocycles. The first kappa shape index (κ1) is 17.1. The number of pyridine rings is 1. The first-order chi connectivity index (χ1) is 11.7. The number of nitrogens with zero attached hydrogens (tertiary/aromatic N) is 3. The number of rotatable bonds is 5. The van der Waals surface area contributed by atoms with Crippen molar-refractivity contribution in [2.45, 2.75) is 32.7 Å². The zero-order chi connectivity index (χ0) is 16.9. The molecule has 124 valence electrons. The first-order valence-electron chi connectivity index (χ1n) is 8.13. The predicted molar refractivity (Wildman–Crippen MR) is 105 cm³/mol. The second-order valence-electron chi connectivity index (χ2n) is 5.58. The quantitative estimate of drug-likeness (QED) is 0.517. The minimum atomic E-state index is 0.431. The van der Waals surface area contributed by atoms with Crippen LogP contribution in [0.25, 0.3) is 11.3 Å². The molecule has 3 aromatic rings. The van der Waals surface area contributed by atoms with Crippen LogP contribution in [0.3, 0.4) is 0 Å². The van der Waals surface area contributed by atoms with Crippen molar-refractivity contribution in [1.29, 1.82) is 0 Å². The Bertz CT molecular complexity index is 864. The summed E-state index contributed by atoms with van der Waals surface area (Å²) in [5.74, 6) is 0. The minimum absolute atomic E-state index is 0.431. The summed E-state index contributed by atoms with van der Waals surface area (Å²) in [5, 5.41) is 2.20. The van der Waals surface area contributed by atoms with Gasteiger partial charge in [-0.1, -0.05) is 41.9 Å². The van der Waals surface area contributed by atoms with E-state index in [-0.39, 0.29) is 0 Å². The number of halogens is 1. The Balaban J connectivity index is 2.19. The lowest BCUT2D eigenvalue weighted by Gasteiger charge is -2.18. The molecule has 0 radical (unpaired) electrons. The van der Waals surface area contributed by atoms with Crippen molar-refractivity contribution >= 4 is 33.0 Å². The Kier molecular flexibility index (Phi) is 5.63. The van der Waals surface area contributed by atoms with Gasteiger partial charge in [0.15, 0.2) is 4.80 Å². The van der Waals surface area contributed by atoms with Crippen LogP contribution in [0.1, 0.15) is 32.7 Å². The number of hydrogen-bond donors (Lipinski definition) is 0. The Morgan fingerprint density at radius 2 is 2.04 bits per heavy atom. The molecule has 0 aliphatic rings. The van der Waals surface area contributed by atoms with Crippen molar-refractivity contribution in [1.82, 2.24) is 9.55 Å². The average Bonchev–Trinajstić information content (AvgIpc) is 3.01. The van der Waals surface area contributed by atoms with Crippen LogP contribution in [0.5, 0.6) is 0 Å².